The highest BCUT2D eigenvalue weighted by Crippen LogP contribution is 2.30. The van der Waals surface area contributed by atoms with Gasteiger partial charge in [-0.05, 0) is 42.0 Å². The number of carbonyl (C=O) groups is 2. The molecule has 0 aliphatic carbocycles. The Morgan fingerprint density at radius 3 is 2.72 bits per heavy atom. The summed E-state index contributed by atoms with van der Waals surface area (Å²) < 4.78 is 5.24. The number of non-ortho nitro benzene ring substituents is 1. The normalized spacial score (nSPS) is 12.9. The quantitative estimate of drug-likeness (QED) is 0.505. The molecule has 126 valence electrons. The molecule has 3 rings (SSSR count). The first-order valence-electron chi connectivity index (χ1n) is 7.31. The monoisotopic (exact) mass is 339 g/mol. The number of carbonyl (C=O) groups excluding carboxylic acids is 2. The lowest BCUT2D eigenvalue weighted by molar-refractivity contribution is -0.384. The van der Waals surface area contributed by atoms with Gasteiger partial charge >= 0.3 is 0 Å². The van der Waals surface area contributed by atoms with Crippen molar-refractivity contribution >= 4 is 35.0 Å². The molecule has 0 radical (unpaired) electrons. The minimum Gasteiger partial charge on any atom is -0.482 e. The highest BCUT2D eigenvalue weighted by Gasteiger charge is 2.16. The smallest absolute Gasteiger partial charge is 0.269 e. The molecule has 2 aromatic rings. The third kappa shape index (κ3) is 3.99. The van der Waals surface area contributed by atoms with E-state index in [1.807, 2.05) is 0 Å². The molecule has 8 nitrogen and oxygen atoms in total. The minimum atomic E-state index is -0.487. The van der Waals surface area contributed by atoms with Gasteiger partial charge in [-0.3, -0.25) is 19.7 Å². The Morgan fingerprint density at radius 2 is 2.00 bits per heavy atom. The molecule has 2 aromatic carbocycles. The fourth-order valence-corrected chi connectivity index (χ4v) is 2.22. The van der Waals surface area contributed by atoms with Gasteiger partial charge in [-0.1, -0.05) is 0 Å². The highest BCUT2D eigenvalue weighted by atomic mass is 16.6. The van der Waals surface area contributed by atoms with Crippen LogP contribution in [0.25, 0.3) is 6.08 Å². The number of fused-ring (bicyclic) bond motifs is 1. The van der Waals surface area contributed by atoms with Gasteiger partial charge in [0.1, 0.15) is 5.75 Å². The molecule has 0 fully saturated rings. The van der Waals surface area contributed by atoms with Crippen LogP contribution in [0, 0.1) is 10.1 Å². The number of benzene rings is 2. The van der Waals surface area contributed by atoms with E-state index < -0.39 is 4.92 Å². The molecule has 0 unspecified atom stereocenters. The van der Waals surface area contributed by atoms with Crippen LogP contribution < -0.4 is 15.4 Å². The number of amides is 2. The average Bonchev–Trinajstić information content (AvgIpc) is 2.60. The van der Waals surface area contributed by atoms with Gasteiger partial charge in [0.15, 0.2) is 6.61 Å². The van der Waals surface area contributed by atoms with Crippen molar-refractivity contribution in [1.82, 2.24) is 0 Å². The van der Waals surface area contributed by atoms with E-state index in [0.29, 0.717) is 22.7 Å². The van der Waals surface area contributed by atoms with Gasteiger partial charge in [-0.15, -0.1) is 0 Å². The second-order valence-electron chi connectivity index (χ2n) is 5.22. The standard InChI is InChI=1S/C17H13N3O5/c21-16(8-3-11-1-5-13(6-2-11)20(23)24)18-12-4-7-15-14(9-12)19-17(22)10-25-15/h1-9H,10H2,(H,18,21)(H,19,22). The van der Waals surface area contributed by atoms with Gasteiger partial charge < -0.3 is 15.4 Å². The maximum atomic E-state index is 12.0. The number of ether oxygens (including phenoxy) is 1. The van der Waals surface area contributed by atoms with Crippen LogP contribution in [0.4, 0.5) is 17.1 Å². The van der Waals surface area contributed by atoms with Crippen molar-refractivity contribution in [2.24, 2.45) is 0 Å². The third-order valence-electron chi connectivity index (χ3n) is 3.41. The summed E-state index contributed by atoms with van der Waals surface area (Å²) in [5.41, 5.74) is 1.64. The lowest BCUT2D eigenvalue weighted by Gasteiger charge is -2.18. The molecule has 8 heteroatoms. The summed E-state index contributed by atoms with van der Waals surface area (Å²) in [6.45, 7) is -0.0311. The Balaban J connectivity index is 1.65. The van der Waals surface area contributed by atoms with Crippen LogP contribution in [0.15, 0.2) is 48.5 Å². The van der Waals surface area contributed by atoms with Crippen LogP contribution in [0.1, 0.15) is 5.56 Å². The van der Waals surface area contributed by atoms with Crippen molar-refractivity contribution in [2.75, 3.05) is 17.2 Å². The van der Waals surface area contributed by atoms with E-state index in [1.165, 1.54) is 18.2 Å². The maximum Gasteiger partial charge on any atom is 0.269 e. The highest BCUT2D eigenvalue weighted by molar-refractivity contribution is 6.03. The average molecular weight is 339 g/mol. The molecule has 0 aromatic heterocycles. The predicted molar refractivity (Wildman–Crippen MR) is 91.3 cm³/mol. The second-order valence-corrected chi connectivity index (χ2v) is 5.22. The molecule has 0 saturated carbocycles. The number of nitro benzene ring substituents is 1. The van der Waals surface area contributed by atoms with Gasteiger partial charge in [0, 0.05) is 23.9 Å². The number of anilines is 2. The van der Waals surface area contributed by atoms with E-state index in [-0.39, 0.29) is 24.1 Å². The zero-order valence-electron chi connectivity index (χ0n) is 12.9. The van der Waals surface area contributed by atoms with Crippen molar-refractivity contribution in [3.8, 4) is 5.75 Å². The second kappa shape index (κ2) is 6.83. The van der Waals surface area contributed by atoms with E-state index in [9.17, 15) is 19.7 Å². The Labute approximate surface area is 142 Å². The fourth-order valence-electron chi connectivity index (χ4n) is 2.22. The van der Waals surface area contributed by atoms with Gasteiger partial charge in [0.25, 0.3) is 11.6 Å². The number of hydrogen-bond donors (Lipinski definition) is 2. The lowest BCUT2D eigenvalue weighted by Crippen LogP contribution is -2.25. The molecule has 0 saturated heterocycles. The van der Waals surface area contributed by atoms with E-state index in [4.69, 9.17) is 4.74 Å². The van der Waals surface area contributed by atoms with Crippen molar-refractivity contribution in [3.05, 3.63) is 64.2 Å². The fraction of sp³-hybridized carbons (Fsp3) is 0.0588. The first-order chi connectivity index (χ1) is 12.0. The number of nitrogens with one attached hydrogen (secondary N) is 2. The van der Waals surface area contributed by atoms with Crippen LogP contribution in [0.2, 0.25) is 0 Å². The topological polar surface area (TPSA) is 111 Å². The van der Waals surface area contributed by atoms with Crippen LogP contribution in [0.3, 0.4) is 0 Å². The van der Waals surface area contributed by atoms with Crippen LogP contribution in [-0.2, 0) is 9.59 Å². The zero-order chi connectivity index (χ0) is 17.8. The Bertz CT molecular complexity index is 874. The van der Waals surface area contributed by atoms with Crippen molar-refractivity contribution < 1.29 is 19.2 Å². The number of hydrogen-bond acceptors (Lipinski definition) is 5. The van der Waals surface area contributed by atoms with E-state index >= 15 is 0 Å². The third-order valence-corrected chi connectivity index (χ3v) is 3.41. The van der Waals surface area contributed by atoms with Gasteiger partial charge in [0.2, 0.25) is 5.91 Å². The molecule has 1 aliphatic rings. The molecular formula is C17H13N3O5. The van der Waals surface area contributed by atoms with Gasteiger partial charge in [-0.25, -0.2) is 0 Å². The molecule has 1 aliphatic heterocycles. The number of rotatable bonds is 4. The summed E-state index contributed by atoms with van der Waals surface area (Å²) >= 11 is 0. The zero-order valence-corrected chi connectivity index (χ0v) is 12.9. The SMILES string of the molecule is O=C(C=Cc1ccc([N+](=O)[O-])cc1)Nc1ccc2c(c1)NC(=O)CO2. The van der Waals surface area contributed by atoms with E-state index in [1.54, 1.807) is 36.4 Å². The summed E-state index contributed by atoms with van der Waals surface area (Å²) in [5, 5.41) is 15.9. The summed E-state index contributed by atoms with van der Waals surface area (Å²) in [6, 6.07) is 10.7. The van der Waals surface area contributed by atoms with Gasteiger partial charge in [0.05, 0.1) is 10.6 Å². The van der Waals surface area contributed by atoms with Crippen LogP contribution in [-0.4, -0.2) is 23.3 Å². The maximum absolute atomic E-state index is 12.0. The van der Waals surface area contributed by atoms with Crippen molar-refractivity contribution in [3.63, 3.8) is 0 Å². The molecule has 1 heterocycles. The van der Waals surface area contributed by atoms with E-state index in [2.05, 4.69) is 10.6 Å². The number of nitrogens with zero attached hydrogens (tertiary/aromatic N) is 1. The van der Waals surface area contributed by atoms with Crippen molar-refractivity contribution in [2.45, 2.75) is 0 Å². The minimum absolute atomic E-state index is 0.0140. The first kappa shape index (κ1) is 16.2. The molecule has 0 bridgehead atoms. The lowest BCUT2D eigenvalue weighted by atomic mass is 10.2. The summed E-state index contributed by atoms with van der Waals surface area (Å²) in [5.74, 6) is -0.0885. The Morgan fingerprint density at radius 1 is 1.24 bits per heavy atom. The van der Waals surface area contributed by atoms with Crippen LogP contribution >= 0.6 is 0 Å². The predicted octanol–water partition coefficient (Wildman–Crippen LogP) is 2.58. The van der Waals surface area contributed by atoms with Crippen molar-refractivity contribution in [1.29, 1.82) is 0 Å². The molecular weight excluding hydrogens is 326 g/mol. The molecule has 2 N–H and O–H groups in total. The summed E-state index contributed by atoms with van der Waals surface area (Å²) in [4.78, 5) is 33.4. The molecule has 2 amide bonds. The van der Waals surface area contributed by atoms with E-state index in [0.717, 1.165) is 0 Å². The largest absolute Gasteiger partial charge is 0.482 e. The summed E-state index contributed by atoms with van der Waals surface area (Å²) in [6.07, 6.45) is 2.86. The Kier molecular flexibility index (Phi) is 4.42. The molecule has 0 spiro atoms. The Hall–Kier alpha value is -3.68. The van der Waals surface area contributed by atoms with Gasteiger partial charge in [-0.2, -0.15) is 0 Å². The summed E-state index contributed by atoms with van der Waals surface area (Å²) in [7, 11) is 0. The number of nitro groups is 1. The van der Waals surface area contributed by atoms with Crippen LogP contribution in [0.5, 0.6) is 5.75 Å². The molecule has 0 atom stereocenters. The molecule has 25 heavy (non-hydrogen) atoms. The first-order valence-corrected chi connectivity index (χ1v) is 7.31.